The van der Waals surface area contributed by atoms with E-state index in [2.05, 4.69) is 32.9 Å². The van der Waals surface area contributed by atoms with Crippen LogP contribution in [0.4, 0.5) is 0 Å². The van der Waals surface area contributed by atoms with Gasteiger partial charge in [0.1, 0.15) is 5.75 Å². The second-order valence-electron chi connectivity index (χ2n) is 5.89. The smallest absolute Gasteiger partial charge is 0.126 e. The molecule has 1 unspecified atom stereocenters. The molecule has 1 aromatic carbocycles. The Hall–Kier alpha value is -1.06. The number of rotatable bonds is 6. The highest BCUT2D eigenvalue weighted by molar-refractivity contribution is 5.46. The second kappa shape index (κ2) is 6.59. The molecule has 3 nitrogen and oxygen atoms in total. The van der Waals surface area contributed by atoms with E-state index in [0.29, 0.717) is 12.0 Å². The first-order chi connectivity index (χ1) is 9.56. The fraction of sp³-hybridized carbons (Fsp3) is 0.647. The van der Waals surface area contributed by atoms with Crippen LogP contribution in [-0.4, -0.2) is 19.8 Å². The van der Waals surface area contributed by atoms with Gasteiger partial charge >= 0.3 is 0 Å². The molecule has 1 atom stereocenters. The topological polar surface area (TPSA) is 44.5 Å². The Labute approximate surface area is 122 Å². The third-order valence-corrected chi connectivity index (χ3v) is 4.49. The SMILES string of the molecule is CCOC1CC(CC(N)c2ccc(C)c(C)c2OC)C1. The van der Waals surface area contributed by atoms with E-state index in [4.69, 9.17) is 15.2 Å². The second-order valence-corrected chi connectivity index (χ2v) is 5.89. The van der Waals surface area contributed by atoms with Crippen molar-refractivity contribution in [3.8, 4) is 5.75 Å². The summed E-state index contributed by atoms with van der Waals surface area (Å²) in [6, 6.07) is 4.30. The van der Waals surface area contributed by atoms with Crippen LogP contribution in [0.25, 0.3) is 0 Å². The van der Waals surface area contributed by atoms with Gasteiger partial charge in [-0.25, -0.2) is 0 Å². The van der Waals surface area contributed by atoms with Gasteiger partial charge < -0.3 is 15.2 Å². The Kier molecular flexibility index (Phi) is 5.06. The van der Waals surface area contributed by atoms with Crippen molar-refractivity contribution in [3.05, 3.63) is 28.8 Å². The molecule has 20 heavy (non-hydrogen) atoms. The highest BCUT2D eigenvalue weighted by Gasteiger charge is 2.31. The molecular formula is C17H27NO2. The molecule has 1 aliphatic carbocycles. The summed E-state index contributed by atoms with van der Waals surface area (Å²) in [6.07, 6.45) is 3.77. The highest BCUT2D eigenvalue weighted by Crippen LogP contribution is 2.39. The zero-order chi connectivity index (χ0) is 14.7. The maximum absolute atomic E-state index is 6.40. The van der Waals surface area contributed by atoms with Gasteiger partial charge in [-0.15, -0.1) is 0 Å². The van der Waals surface area contributed by atoms with E-state index in [-0.39, 0.29) is 6.04 Å². The Morgan fingerprint density at radius 3 is 2.60 bits per heavy atom. The molecule has 0 radical (unpaired) electrons. The predicted molar refractivity (Wildman–Crippen MR) is 82.2 cm³/mol. The van der Waals surface area contributed by atoms with Gasteiger partial charge in [0, 0.05) is 18.2 Å². The third-order valence-electron chi connectivity index (χ3n) is 4.49. The minimum Gasteiger partial charge on any atom is -0.496 e. The Balaban J connectivity index is 2.00. The summed E-state index contributed by atoms with van der Waals surface area (Å²) < 4.78 is 11.2. The van der Waals surface area contributed by atoms with Crippen molar-refractivity contribution in [1.82, 2.24) is 0 Å². The van der Waals surface area contributed by atoms with E-state index in [1.54, 1.807) is 7.11 Å². The molecular weight excluding hydrogens is 250 g/mol. The first-order valence-electron chi connectivity index (χ1n) is 7.58. The minimum atomic E-state index is 0.0526. The standard InChI is InChI=1S/C17H27NO2/c1-5-20-14-8-13(9-14)10-16(18)15-7-6-11(2)12(3)17(15)19-4/h6-7,13-14,16H,5,8-10,18H2,1-4H3. The van der Waals surface area contributed by atoms with Crippen LogP contribution in [0.5, 0.6) is 5.75 Å². The number of benzene rings is 1. The van der Waals surface area contributed by atoms with Crippen LogP contribution in [0.2, 0.25) is 0 Å². The molecule has 1 aromatic rings. The van der Waals surface area contributed by atoms with Crippen molar-refractivity contribution < 1.29 is 9.47 Å². The summed E-state index contributed by atoms with van der Waals surface area (Å²) in [7, 11) is 1.73. The van der Waals surface area contributed by atoms with E-state index >= 15 is 0 Å². The number of methoxy groups -OCH3 is 1. The maximum atomic E-state index is 6.40. The minimum absolute atomic E-state index is 0.0526. The highest BCUT2D eigenvalue weighted by atomic mass is 16.5. The summed E-state index contributed by atoms with van der Waals surface area (Å²) in [5, 5.41) is 0. The van der Waals surface area contributed by atoms with Crippen LogP contribution < -0.4 is 10.5 Å². The molecule has 3 heteroatoms. The summed E-state index contributed by atoms with van der Waals surface area (Å²) >= 11 is 0. The normalized spacial score (nSPS) is 23.2. The lowest BCUT2D eigenvalue weighted by Crippen LogP contribution is -2.33. The first-order valence-corrected chi connectivity index (χ1v) is 7.58. The number of ether oxygens (including phenoxy) is 2. The van der Waals surface area contributed by atoms with Crippen LogP contribution in [0.15, 0.2) is 12.1 Å². The molecule has 0 heterocycles. The van der Waals surface area contributed by atoms with Gasteiger partial charge in [0.15, 0.2) is 0 Å². The molecule has 0 spiro atoms. The van der Waals surface area contributed by atoms with Gasteiger partial charge in [0.25, 0.3) is 0 Å². The first kappa shape index (κ1) is 15.3. The molecule has 112 valence electrons. The molecule has 1 saturated carbocycles. The lowest BCUT2D eigenvalue weighted by atomic mass is 9.77. The summed E-state index contributed by atoms with van der Waals surface area (Å²) in [5.74, 6) is 1.64. The van der Waals surface area contributed by atoms with Crippen molar-refractivity contribution in [2.45, 2.75) is 52.2 Å². The van der Waals surface area contributed by atoms with Crippen LogP contribution in [0, 0.1) is 19.8 Å². The van der Waals surface area contributed by atoms with Crippen LogP contribution in [-0.2, 0) is 4.74 Å². The van der Waals surface area contributed by atoms with Crippen LogP contribution >= 0.6 is 0 Å². The molecule has 1 aliphatic rings. The maximum Gasteiger partial charge on any atom is 0.126 e. The van der Waals surface area contributed by atoms with Gasteiger partial charge in [0.05, 0.1) is 13.2 Å². The summed E-state index contributed by atoms with van der Waals surface area (Å²) in [5.41, 5.74) is 9.98. The van der Waals surface area contributed by atoms with Gasteiger partial charge in [-0.2, -0.15) is 0 Å². The lowest BCUT2D eigenvalue weighted by Gasteiger charge is -2.36. The zero-order valence-electron chi connectivity index (χ0n) is 13.1. The summed E-state index contributed by atoms with van der Waals surface area (Å²) in [6.45, 7) is 7.07. The van der Waals surface area contributed by atoms with Gasteiger partial charge in [-0.1, -0.05) is 12.1 Å². The van der Waals surface area contributed by atoms with Crippen molar-refractivity contribution in [3.63, 3.8) is 0 Å². The lowest BCUT2D eigenvalue weighted by molar-refractivity contribution is -0.0282. The average molecular weight is 277 g/mol. The van der Waals surface area contributed by atoms with Gasteiger partial charge in [0.2, 0.25) is 0 Å². The van der Waals surface area contributed by atoms with Crippen molar-refractivity contribution in [2.75, 3.05) is 13.7 Å². The fourth-order valence-corrected chi connectivity index (χ4v) is 3.10. The Bertz CT molecular complexity index is 453. The molecule has 0 saturated heterocycles. The predicted octanol–water partition coefficient (Wildman–Crippen LogP) is 3.52. The summed E-state index contributed by atoms with van der Waals surface area (Å²) in [4.78, 5) is 0. The van der Waals surface area contributed by atoms with Crippen molar-refractivity contribution in [1.29, 1.82) is 0 Å². The molecule has 2 N–H and O–H groups in total. The molecule has 0 aromatic heterocycles. The van der Waals surface area contributed by atoms with Crippen LogP contribution in [0.3, 0.4) is 0 Å². The van der Waals surface area contributed by atoms with E-state index in [1.165, 1.54) is 11.1 Å². The van der Waals surface area contributed by atoms with Gasteiger partial charge in [-0.05, 0) is 57.1 Å². The Morgan fingerprint density at radius 1 is 1.30 bits per heavy atom. The monoisotopic (exact) mass is 277 g/mol. The Morgan fingerprint density at radius 2 is 2.00 bits per heavy atom. The number of hydrogen-bond donors (Lipinski definition) is 1. The molecule has 0 bridgehead atoms. The van der Waals surface area contributed by atoms with Crippen molar-refractivity contribution in [2.24, 2.45) is 11.7 Å². The molecule has 0 aliphatic heterocycles. The number of nitrogens with two attached hydrogens (primary N) is 1. The van der Waals surface area contributed by atoms with E-state index < -0.39 is 0 Å². The van der Waals surface area contributed by atoms with E-state index in [1.807, 2.05) is 0 Å². The third kappa shape index (κ3) is 3.15. The number of hydrogen-bond acceptors (Lipinski definition) is 3. The largest absolute Gasteiger partial charge is 0.496 e. The zero-order valence-corrected chi connectivity index (χ0v) is 13.1. The van der Waals surface area contributed by atoms with E-state index in [9.17, 15) is 0 Å². The molecule has 1 fully saturated rings. The van der Waals surface area contributed by atoms with Gasteiger partial charge in [-0.3, -0.25) is 0 Å². The number of aryl methyl sites for hydroxylation is 1. The fourth-order valence-electron chi connectivity index (χ4n) is 3.10. The molecule has 0 amide bonds. The van der Waals surface area contributed by atoms with Crippen molar-refractivity contribution >= 4 is 0 Å². The average Bonchev–Trinajstić information content (AvgIpc) is 2.39. The van der Waals surface area contributed by atoms with E-state index in [0.717, 1.165) is 37.2 Å². The van der Waals surface area contributed by atoms with Crippen LogP contribution in [0.1, 0.15) is 48.9 Å². The quantitative estimate of drug-likeness (QED) is 0.865. The molecule has 2 rings (SSSR count).